The molecule has 26 heavy (non-hydrogen) atoms. The third kappa shape index (κ3) is 3.73. The van der Waals surface area contributed by atoms with Gasteiger partial charge in [0, 0.05) is 24.2 Å². The van der Waals surface area contributed by atoms with Gasteiger partial charge in [0.05, 0.1) is 11.6 Å². The van der Waals surface area contributed by atoms with Gasteiger partial charge in [0.2, 0.25) is 5.95 Å². The van der Waals surface area contributed by atoms with Crippen LogP contribution in [-0.4, -0.2) is 29.2 Å². The number of nitrogens with zero attached hydrogens (tertiary/aromatic N) is 2. The molecule has 0 bridgehead atoms. The van der Waals surface area contributed by atoms with Crippen molar-refractivity contribution in [3.63, 3.8) is 0 Å². The number of benzene rings is 1. The molecule has 4 rings (SSSR count). The first kappa shape index (κ1) is 17.0. The number of fused-ring (bicyclic) bond motifs is 1. The lowest BCUT2D eigenvalue weighted by Gasteiger charge is -2.18. The summed E-state index contributed by atoms with van der Waals surface area (Å²) >= 11 is 0. The predicted octanol–water partition coefficient (Wildman–Crippen LogP) is 4.65. The quantitative estimate of drug-likeness (QED) is 0.822. The Hall–Kier alpha value is -2.40. The van der Waals surface area contributed by atoms with Crippen molar-refractivity contribution in [3.05, 3.63) is 47.2 Å². The standard InChI is InChI=1S/C21H26N4O/c1-14-9-10-15(2)19(12-14)24-21-23-18-8-4-3-7-17(18)20(25-21)22-13-16-6-5-11-26-16/h3-4,7-8,12,16H,5-6,9-11,13H2,1-2H3,(H2,22,23,24,25). The summed E-state index contributed by atoms with van der Waals surface area (Å²) in [5.74, 6) is 1.50. The molecule has 1 fully saturated rings. The van der Waals surface area contributed by atoms with E-state index in [2.05, 4.69) is 36.6 Å². The Kier molecular flexibility index (Phi) is 4.89. The number of hydrogen-bond donors (Lipinski definition) is 2. The van der Waals surface area contributed by atoms with Gasteiger partial charge in [0.15, 0.2) is 0 Å². The van der Waals surface area contributed by atoms with E-state index in [1.807, 2.05) is 18.2 Å². The van der Waals surface area contributed by atoms with Gasteiger partial charge >= 0.3 is 0 Å². The van der Waals surface area contributed by atoms with Crippen molar-refractivity contribution in [2.75, 3.05) is 23.8 Å². The minimum atomic E-state index is 0.272. The second kappa shape index (κ2) is 7.46. The summed E-state index contributed by atoms with van der Waals surface area (Å²) in [6, 6.07) is 8.13. The van der Waals surface area contributed by atoms with Crippen molar-refractivity contribution in [1.82, 2.24) is 9.97 Å². The Balaban J connectivity index is 1.62. The highest BCUT2D eigenvalue weighted by Crippen LogP contribution is 2.27. The fraction of sp³-hybridized carbons (Fsp3) is 0.429. The van der Waals surface area contributed by atoms with E-state index in [0.717, 1.165) is 61.3 Å². The highest BCUT2D eigenvalue weighted by molar-refractivity contribution is 5.90. The van der Waals surface area contributed by atoms with Crippen LogP contribution in [0.5, 0.6) is 0 Å². The average molecular weight is 350 g/mol. The van der Waals surface area contributed by atoms with E-state index in [1.54, 1.807) is 0 Å². The van der Waals surface area contributed by atoms with Crippen LogP contribution in [-0.2, 0) is 4.74 Å². The molecule has 2 heterocycles. The molecule has 1 aromatic carbocycles. The van der Waals surface area contributed by atoms with Crippen LogP contribution in [0.3, 0.4) is 0 Å². The molecule has 0 amide bonds. The number of rotatable bonds is 5. The molecule has 0 radical (unpaired) electrons. The third-order valence-electron chi connectivity index (χ3n) is 5.12. The van der Waals surface area contributed by atoms with Gasteiger partial charge in [-0.1, -0.05) is 17.7 Å². The highest BCUT2D eigenvalue weighted by atomic mass is 16.5. The largest absolute Gasteiger partial charge is 0.376 e. The van der Waals surface area contributed by atoms with Crippen LogP contribution >= 0.6 is 0 Å². The van der Waals surface area contributed by atoms with E-state index in [0.29, 0.717) is 5.95 Å². The minimum absolute atomic E-state index is 0.272. The minimum Gasteiger partial charge on any atom is -0.376 e. The fourth-order valence-electron chi connectivity index (χ4n) is 3.51. The lowest BCUT2D eigenvalue weighted by Crippen LogP contribution is -2.19. The van der Waals surface area contributed by atoms with Crippen LogP contribution in [0.15, 0.2) is 47.2 Å². The lowest BCUT2D eigenvalue weighted by molar-refractivity contribution is 0.120. The van der Waals surface area contributed by atoms with Gasteiger partial charge in [-0.15, -0.1) is 0 Å². The Morgan fingerprint density at radius 1 is 1.15 bits per heavy atom. The summed E-state index contributed by atoms with van der Waals surface area (Å²) in [6.07, 6.45) is 6.94. The first-order valence-electron chi connectivity index (χ1n) is 9.45. The molecule has 1 saturated heterocycles. The number of allylic oxidation sites excluding steroid dienone is 3. The summed E-state index contributed by atoms with van der Waals surface area (Å²) in [7, 11) is 0. The number of nitrogens with one attached hydrogen (secondary N) is 2. The van der Waals surface area contributed by atoms with Crippen LogP contribution in [0.1, 0.15) is 39.5 Å². The molecule has 1 aliphatic heterocycles. The SMILES string of the molecule is CC1=CC(Nc2nc(NCC3CCCO3)c3ccccc3n2)=C(C)CC1. The first-order chi connectivity index (χ1) is 12.7. The second-order valence-electron chi connectivity index (χ2n) is 7.24. The molecule has 0 spiro atoms. The molecule has 1 unspecified atom stereocenters. The maximum atomic E-state index is 5.73. The van der Waals surface area contributed by atoms with Gasteiger partial charge in [-0.3, -0.25) is 0 Å². The van der Waals surface area contributed by atoms with Gasteiger partial charge in [0.25, 0.3) is 0 Å². The first-order valence-corrected chi connectivity index (χ1v) is 9.45. The van der Waals surface area contributed by atoms with Crippen LogP contribution in [0, 0.1) is 0 Å². The van der Waals surface area contributed by atoms with E-state index >= 15 is 0 Å². The normalized spacial score (nSPS) is 20.4. The number of aromatic nitrogens is 2. The predicted molar refractivity (Wildman–Crippen MR) is 106 cm³/mol. The topological polar surface area (TPSA) is 59.1 Å². The Morgan fingerprint density at radius 2 is 2.04 bits per heavy atom. The molecule has 136 valence electrons. The van der Waals surface area contributed by atoms with Crippen molar-refractivity contribution in [3.8, 4) is 0 Å². The zero-order valence-corrected chi connectivity index (χ0v) is 15.5. The Bertz CT molecular complexity index is 865. The lowest BCUT2D eigenvalue weighted by atomic mass is 9.98. The molecule has 1 aliphatic carbocycles. The maximum Gasteiger partial charge on any atom is 0.229 e. The van der Waals surface area contributed by atoms with E-state index in [1.165, 1.54) is 11.1 Å². The molecular weight excluding hydrogens is 324 g/mol. The summed E-state index contributed by atoms with van der Waals surface area (Å²) in [5, 5.41) is 7.95. The number of ether oxygens (including phenoxy) is 1. The second-order valence-corrected chi connectivity index (χ2v) is 7.24. The van der Waals surface area contributed by atoms with Crippen molar-refractivity contribution < 1.29 is 4.74 Å². The summed E-state index contributed by atoms with van der Waals surface area (Å²) in [4.78, 5) is 9.48. The number of anilines is 2. The summed E-state index contributed by atoms with van der Waals surface area (Å²) in [6.45, 7) is 5.98. The molecule has 5 heteroatoms. The smallest absolute Gasteiger partial charge is 0.229 e. The number of para-hydroxylation sites is 1. The highest BCUT2D eigenvalue weighted by Gasteiger charge is 2.17. The molecule has 0 saturated carbocycles. The zero-order valence-electron chi connectivity index (χ0n) is 15.5. The van der Waals surface area contributed by atoms with Gasteiger partial charge in [0.1, 0.15) is 5.82 Å². The third-order valence-corrected chi connectivity index (χ3v) is 5.12. The molecule has 5 nitrogen and oxygen atoms in total. The molecule has 2 aromatic rings. The van der Waals surface area contributed by atoms with Crippen molar-refractivity contribution >= 4 is 22.7 Å². The van der Waals surface area contributed by atoms with Crippen LogP contribution < -0.4 is 10.6 Å². The zero-order chi connectivity index (χ0) is 17.9. The molecule has 2 aliphatic rings. The van der Waals surface area contributed by atoms with Gasteiger partial charge in [-0.25, -0.2) is 4.98 Å². The van der Waals surface area contributed by atoms with Crippen LogP contribution in [0.2, 0.25) is 0 Å². The molecule has 2 N–H and O–H groups in total. The van der Waals surface area contributed by atoms with Crippen molar-refractivity contribution in [2.45, 2.75) is 45.6 Å². The molecule has 1 atom stereocenters. The average Bonchev–Trinajstić information content (AvgIpc) is 3.16. The van der Waals surface area contributed by atoms with Gasteiger partial charge in [-0.05, 0) is 63.3 Å². The maximum absolute atomic E-state index is 5.73. The van der Waals surface area contributed by atoms with E-state index in [4.69, 9.17) is 14.7 Å². The molecule has 1 aromatic heterocycles. The summed E-state index contributed by atoms with van der Waals surface area (Å²) < 4.78 is 5.73. The number of hydrogen-bond acceptors (Lipinski definition) is 5. The van der Waals surface area contributed by atoms with E-state index in [9.17, 15) is 0 Å². The Morgan fingerprint density at radius 3 is 2.88 bits per heavy atom. The summed E-state index contributed by atoms with van der Waals surface area (Å²) in [5.41, 5.74) is 4.79. The fourth-order valence-corrected chi connectivity index (χ4v) is 3.51. The van der Waals surface area contributed by atoms with E-state index < -0.39 is 0 Å². The van der Waals surface area contributed by atoms with Crippen LogP contribution in [0.4, 0.5) is 11.8 Å². The van der Waals surface area contributed by atoms with Crippen molar-refractivity contribution in [2.24, 2.45) is 0 Å². The van der Waals surface area contributed by atoms with Crippen molar-refractivity contribution in [1.29, 1.82) is 0 Å². The monoisotopic (exact) mass is 350 g/mol. The molecular formula is C21H26N4O. The van der Waals surface area contributed by atoms with Gasteiger partial charge < -0.3 is 15.4 Å². The van der Waals surface area contributed by atoms with Crippen LogP contribution in [0.25, 0.3) is 10.9 Å². The van der Waals surface area contributed by atoms with Gasteiger partial charge in [-0.2, -0.15) is 4.98 Å². The Labute approximate surface area is 154 Å². The van der Waals surface area contributed by atoms with E-state index in [-0.39, 0.29) is 6.10 Å².